The summed E-state index contributed by atoms with van der Waals surface area (Å²) < 4.78 is 22.5. The average molecular weight is 477 g/mol. The molecule has 4 rings (SSSR count). The Labute approximate surface area is 204 Å². The van der Waals surface area contributed by atoms with Crippen molar-refractivity contribution in [2.45, 2.75) is 52.9 Å². The van der Waals surface area contributed by atoms with Crippen molar-refractivity contribution in [3.8, 4) is 40.4 Å². The first-order valence-electron chi connectivity index (χ1n) is 11.4. The molecule has 2 heterocycles. The van der Waals surface area contributed by atoms with Gasteiger partial charge in [0.1, 0.15) is 29.8 Å². The van der Waals surface area contributed by atoms with Gasteiger partial charge in [0.05, 0.1) is 24.8 Å². The van der Waals surface area contributed by atoms with Crippen LogP contribution in [-0.4, -0.2) is 46.0 Å². The van der Waals surface area contributed by atoms with E-state index < -0.39 is 5.60 Å². The molecule has 0 atom stereocenters. The van der Waals surface area contributed by atoms with Gasteiger partial charge in [0.25, 0.3) is 5.89 Å². The van der Waals surface area contributed by atoms with Gasteiger partial charge in [-0.2, -0.15) is 10.2 Å². The van der Waals surface area contributed by atoms with Crippen molar-refractivity contribution in [1.82, 2.24) is 15.0 Å². The molecule has 1 aliphatic heterocycles. The zero-order chi connectivity index (χ0) is 25.2. The molecule has 9 nitrogen and oxygen atoms in total. The molecular weight excluding hydrogens is 448 g/mol. The summed E-state index contributed by atoms with van der Waals surface area (Å²) in [7, 11) is 0. The number of carbonyl (C=O) groups is 1. The van der Waals surface area contributed by atoms with Gasteiger partial charge in [-0.05, 0) is 58.9 Å². The monoisotopic (exact) mass is 476 g/mol. The minimum atomic E-state index is -0.566. The lowest BCUT2D eigenvalue weighted by molar-refractivity contribution is 0.0225. The second-order valence-electron chi connectivity index (χ2n) is 9.49. The summed E-state index contributed by atoms with van der Waals surface area (Å²) >= 11 is 0. The maximum Gasteiger partial charge on any atom is 0.410 e. The molecular formula is C26H28N4O5. The van der Waals surface area contributed by atoms with Gasteiger partial charge in [-0.3, -0.25) is 0 Å². The molecule has 0 radical (unpaired) electrons. The van der Waals surface area contributed by atoms with Gasteiger partial charge >= 0.3 is 6.09 Å². The number of rotatable bonds is 4. The molecule has 0 bridgehead atoms. The number of carbonyl (C=O) groups excluding carboxylic acids is 1. The van der Waals surface area contributed by atoms with E-state index in [-0.39, 0.29) is 12.2 Å². The molecule has 182 valence electrons. The lowest BCUT2D eigenvalue weighted by Crippen LogP contribution is -2.37. The van der Waals surface area contributed by atoms with Crippen molar-refractivity contribution in [3.63, 3.8) is 0 Å². The number of benzene rings is 2. The van der Waals surface area contributed by atoms with Gasteiger partial charge in [-0.15, -0.1) is 0 Å². The quantitative estimate of drug-likeness (QED) is 0.506. The minimum absolute atomic E-state index is 0.0467. The normalized spacial score (nSPS) is 13.5. The van der Waals surface area contributed by atoms with E-state index in [1.165, 1.54) is 0 Å². The molecule has 0 N–H and O–H groups in total. The Morgan fingerprint density at radius 1 is 1.17 bits per heavy atom. The summed E-state index contributed by atoms with van der Waals surface area (Å²) in [4.78, 5) is 18.6. The Morgan fingerprint density at radius 3 is 2.66 bits per heavy atom. The number of nitrogens with zero attached hydrogens (tertiary/aromatic N) is 4. The highest BCUT2D eigenvalue weighted by atomic mass is 16.6. The number of hydrogen-bond acceptors (Lipinski definition) is 8. The van der Waals surface area contributed by atoms with Crippen molar-refractivity contribution in [3.05, 3.63) is 47.5 Å². The highest BCUT2D eigenvalue weighted by molar-refractivity contribution is 5.69. The van der Waals surface area contributed by atoms with E-state index in [9.17, 15) is 10.1 Å². The fourth-order valence-electron chi connectivity index (χ4n) is 3.56. The predicted octanol–water partition coefficient (Wildman–Crippen LogP) is 5.19. The Bertz CT molecular complexity index is 1270. The molecule has 35 heavy (non-hydrogen) atoms. The highest BCUT2D eigenvalue weighted by Crippen LogP contribution is 2.31. The second kappa shape index (κ2) is 9.66. The number of nitriles is 1. The second-order valence-corrected chi connectivity index (χ2v) is 9.49. The molecule has 0 saturated carbocycles. The molecule has 0 unspecified atom stereocenters. The van der Waals surface area contributed by atoms with Gasteiger partial charge in [-0.1, -0.05) is 17.3 Å². The Kier molecular flexibility index (Phi) is 6.65. The fourth-order valence-corrected chi connectivity index (χ4v) is 3.56. The SMILES string of the molecule is CC(C)Oc1ccc(-c2nc(-c3ccc4c(c3)OCCN(C(=O)OC(C)(C)C)C4)no2)cc1C#N. The molecule has 9 heteroatoms. The van der Waals surface area contributed by atoms with E-state index in [4.69, 9.17) is 18.7 Å². The third-order valence-corrected chi connectivity index (χ3v) is 5.09. The van der Waals surface area contributed by atoms with Gasteiger partial charge < -0.3 is 23.6 Å². The number of ether oxygens (including phenoxy) is 3. The average Bonchev–Trinajstić information content (AvgIpc) is 3.18. The Hall–Kier alpha value is -4.06. The van der Waals surface area contributed by atoms with Crippen LogP contribution in [0.25, 0.3) is 22.8 Å². The minimum Gasteiger partial charge on any atom is -0.491 e. The third kappa shape index (κ3) is 5.72. The molecule has 0 saturated heterocycles. The van der Waals surface area contributed by atoms with Crippen molar-refractivity contribution in [2.24, 2.45) is 0 Å². The number of aromatic nitrogens is 2. The van der Waals surface area contributed by atoms with Crippen molar-refractivity contribution < 1.29 is 23.5 Å². The van der Waals surface area contributed by atoms with Crippen LogP contribution in [0.4, 0.5) is 4.79 Å². The van der Waals surface area contributed by atoms with Crippen molar-refractivity contribution in [2.75, 3.05) is 13.2 Å². The van der Waals surface area contributed by atoms with Crippen LogP contribution in [0.15, 0.2) is 40.9 Å². The van der Waals surface area contributed by atoms with Crippen molar-refractivity contribution >= 4 is 6.09 Å². The molecule has 2 aromatic carbocycles. The summed E-state index contributed by atoms with van der Waals surface area (Å²) in [5.41, 5.74) is 2.02. The first-order valence-corrected chi connectivity index (χ1v) is 11.4. The van der Waals surface area contributed by atoms with E-state index in [2.05, 4.69) is 16.2 Å². The Morgan fingerprint density at radius 2 is 1.94 bits per heavy atom. The first kappa shape index (κ1) is 24.1. The molecule has 0 spiro atoms. The first-order chi connectivity index (χ1) is 16.6. The van der Waals surface area contributed by atoms with Crippen LogP contribution in [0.1, 0.15) is 45.7 Å². The van der Waals surface area contributed by atoms with E-state index in [0.717, 1.165) is 5.56 Å². The molecule has 3 aromatic rings. The molecule has 1 aromatic heterocycles. The van der Waals surface area contributed by atoms with Gasteiger partial charge in [0, 0.05) is 16.7 Å². The number of fused-ring (bicyclic) bond motifs is 1. The van der Waals surface area contributed by atoms with Gasteiger partial charge in [-0.25, -0.2) is 4.79 Å². The standard InChI is InChI=1S/C26H28N4O5/c1-16(2)33-21-9-8-18(12-20(21)14-27)24-28-23(29-35-24)17-6-7-19-15-30(10-11-32-22(19)13-17)25(31)34-26(3,4)5/h6-9,12-13,16H,10-11,15H2,1-5H3. The van der Waals surface area contributed by atoms with Crippen LogP contribution in [-0.2, 0) is 11.3 Å². The van der Waals surface area contributed by atoms with Crippen molar-refractivity contribution in [1.29, 1.82) is 5.26 Å². The molecule has 0 fully saturated rings. The number of hydrogen-bond donors (Lipinski definition) is 0. The summed E-state index contributed by atoms with van der Waals surface area (Å²) in [5.74, 6) is 1.84. The van der Waals surface area contributed by atoms with Crippen LogP contribution >= 0.6 is 0 Å². The van der Waals surface area contributed by atoms with Gasteiger partial charge in [0.2, 0.25) is 5.82 Å². The number of amides is 1. The third-order valence-electron chi connectivity index (χ3n) is 5.09. The highest BCUT2D eigenvalue weighted by Gasteiger charge is 2.25. The summed E-state index contributed by atoms with van der Waals surface area (Å²) in [5, 5.41) is 13.6. The Balaban J connectivity index is 1.55. The fraction of sp³-hybridized carbons (Fsp3) is 0.385. The van der Waals surface area contributed by atoms with E-state index in [0.29, 0.717) is 59.6 Å². The van der Waals surface area contributed by atoms with E-state index in [1.807, 2.05) is 52.8 Å². The molecule has 1 aliphatic rings. The summed E-state index contributed by atoms with van der Waals surface area (Å²) in [6.45, 7) is 10.5. The van der Waals surface area contributed by atoms with Crippen LogP contribution in [0.2, 0.25) is 0 Å². The maximum atomic E-state index is 12.5. The van der Waals surface area contributed by atoms with E-state index in [1.54, 1.807) is 23.1 Å². The van der Waals surface area contributed by atoms with E-state index >= 15 is 0 Å². The lowest BCUT2D eigenvalue weighted by Gasteiger charge is -2.26. The largest absolute Gasteiger partial charge is 0.491 e. The predicted molar refractivity (Wildman–Crippen MR) is 128 cm³/mol. The summed E-state index contributed by atoms with van der Waals surface area (Å²) in [6.07, 6.45) is -0.419. The topological polar surface area (TPSA) is 111 Å². The maximum absolute atomic E-state index is 12.5. The zero-order valence-corrected chi connectivity index (χ0v) is 20.5. The summed E-state index contributed by atoms with van der Waals surface area (Å²) in [6, 6.07) is 12.9. The molecule has 0 aliphatic carbocycles. The lowest BCUT2D eigenvalue weighted by atomic mass is 10.1. The van der Waals surface area contributed by atoms with Crippen LogP contribution in [0.5, 0.6) is 11.5 Å². The zero-order valence-electron chi connectivity index (χ0n) is 20.5. The van der Waals surface area contributed by atoms with Crippen LogP contribution in [0.3, 0.4) is 0 Å². The molecule has 1 amide bonds. The van der Waals surface area contributed by atoms with Gasteiger partial charge in [0.15, 0.2) is 0 Å². The van der Waals surface area contributed by atoms with Crippen LogP contribution in [0, 0.1) is 11.3 Å². The smallest absolute Gasteiger partial charge is 0.410 e. The van der Waals surface area contributed by atoms with Crippen LogP contribution < -0.4 is 9.47 Å².